The lowest BCUT2D eigenvalue weighted by Gasteiger charge is -2.28. The number of rotatable bonds is 6. The normalized spacial score (nSPS) is 12.7. The molecule has 5 nitrogen and oxygen atoms in total. The molecule has 142 valence electrons. The fourth-order valence-corrected chi connectivity index (χ4v) is 3.38. The molecular formula is C21H21BClN3O2. The van der Waals surface area contributed by atoms with Gasteiger partial charge in [-0.25, -0.2) is 0 Å². The summed E-state index contributed by atoms with van der Waals surface area (Å²) >= 11 is 6.35. The van der Waals surface area contributed by atoms with Crippen molar-refractivity contribution in [2.45, 2.75) is 31.9 Å². The number of carbonyl (C=O) groups is 1. The maximum absolute atomic E-state index is 12.8. The first-order chi connectivity index (χ1) is 13.3. The van der Waals surface area contributed by atoms with Crippen LogP contribution >= 0.6 is 11.6 Å². The van der Waals surface area contributed by atoms with Gasteiger partial charge >= 0.3 is 0 Å². The zero-order chi connectivity index (χ0) is 20.3. The fraction of sp³-hybridized carbons (Fsp3) is 0.286. The highest BCUT2D eigenvalue weighted by molar-refractivity contribution is 6.36. The molecule has 1 unspecified atom stereocenters. The highest BCUT2D eigenvalue weighted by atomic mass is 35.5. The van der Waals surface area contributed by atoms with Crippen LogP contribution in [0.3, 0.4) is 0 Å². The van der Waals surface area contributed by atoms with Crippen molar-refractivity contribution < 1.29 is 9.53 Å². The molecule has 3 rings (SSSR count). The Bertz CT molecular complexity index is 996. The summed E-state index contributed by atoms with van der Waals surface area (Å²) in [4.78, 5) is 21.4. The Morgan fingerprint density at radius 3 is 2.75 bits per heavy atom. The van der Waals surface area contributed by atoms with E-state index < -0.39 is 11.6 Å². The average molecular weight is 394 g/mol. The van der Waals surface area contributed by atoms with E-state index in [0.717, 1.165) is 16.6 Å². The van der Waals surface area contributed by atoms with E-state index >= 15 is 0 Å². The van der Waals surface area contributed by atoms with Gasteiger partial charge in [0.25, 0.3) is 0 Å². The summed E-state index contributed by atoms with van der Waals surface area (Å²) in [6, 6.07) is 11.1. The number of amides is 1. The molecule has 0 spiro atoms. The third kappa shape index (κ3) is 4.51. The smallest absolute Gasteiger partial charge is 0.250 e. The Hall–Kier alpha value is -2.44. The molecule has 1 aromatic carbocycles. The van der Waals surface area contributed by atoms with Crippen LogP contribution in [0, 0.1) is 0 Å². The van der Waals surface area contributed by atoms with E-state index in [2.05, 4.69) is 15.3 Å². The molecule has 0 bridgehead atoms. The van der Waals surface area contributed by atoms with Crippen molar-refractivity contribution in [3.63, 3.8) is 0 Å². The molecule has 1 atom stereocenters. The number of hydrogen-bond acceptors (Lipinski definition) is 4. The topological polar surface area (TPSA) is 64.1 Å². The molecule has 0 fully saturated rings. The summed E-state index contributed by atoms with van der Waals surface area (Å²) in [5.41, 5.74) is 2.23. The first-order valence-electron chi connectivity index (χ1n) is 8.90. The maximum Gasteiger partial charge on any atom is 0.250 e. The summed E-state index contributed by atoms with van der Waals surface area (Å²) in [6.07, 6.45) is 2.96. The average Bonchev–Trinajstić information content (AvgIpc) is 2.66. The largest absolute Gasteiger partial charge is 0.371 e. The van der Waals surface area contributed by atoms with Crippen molar-refractivity contribution in [1.82, 2.24) is 15.3 Å². The minimum Gasteiger partial charge on any atom is -0.371 e. The SMILES string of the molecule is [B]c1cnc2c(Cl)cc(CC(OC)C(=O)NC(C)(C)c3ccccn3)cc2c1. The van der Waals surface area contributed by atoms with Gasteiger partial charge in [0.15, 0.2) is 0 Å². The summed E-state index contributed by atoms with van der Waals surface area (Å²) < 4.78 is 5.46. The second kappa shape index (κ2) is 8.29. The molecule has 2 heterocycles. The van der Waals surface area contributed by atoms with Gasteiger partial charge in [-0.05, 0) is 43.7 Å². The molecule has 28 heavy (non-hydrogen) atoms. The lowest BCUT2D eigenvalue weighted by molar-refractivity contribution is -0.132. The molecule has 0 aliphatic carbocycles. The molecule has 0 aliphatic rings. The van der Waals surface area contributed by atoms with Crippen molar-refractivity contribution in [2.75, 3.05) is 7.11 Å². The molecule has 0 saturated heterocycles. The van der Waals surface area contributed by atoms with Crippen LogP contribution in [0.4, 0.5) is 0 Å². The van der Waals surface area contributed by atoms with Crippen molar-refractivity contribution in [3.05, 3.63) is 65.1 Å². The Kier molecular flexibility index (Phi) is 6.01. The molecule has 1 amide bonds. The van der Waals surface area contributed by atoms with E-state index in [1.165, 1.54) is 7.11 Å². The Balaban J connectivity index is 1.80. The number of aromatic nitrogens is 2. The van der Waals surface area contributed by atoms with E-state index in [1.54, 1.807) is 18.5 Å². The molecule has 0 saturated carbocycles. The van der Waals surface area contributed by atoms with E-state index in [0.29, 0.717) is 22.4 Å². The van der Waals surface area contributed by atoms with Crippen LogP contribution in [-0.4, -0.2) is 36.9 Å². The maximum atomic E-state index is 12.8. The van der Waals surface area contributed by atoms with Gasteiger partial charge in [-0.3, -0.25) is 14.8 Å². The zero-order valence-electron chi connectivity index (χ0n) is 16.1. The summed E-state index contributed by atoms with van der Waals surface area (Å²) in [5, 5.41) is 4.35. The number of halogens is 1. The van der Waals surface area contributed by atoms with Gasteiger partial charge in [0, 0.05) is 31.3 Å². The van der Waals surface area contributed by atoms with Crippen LogP contribution in [0.2, 0.25) is 5.02 Å². The predicted octanol–water partition coefficient (Wildman–Crippen LogP) is 2.69. The molecule has 2 aromatic heterocycles. The molecule has 7 heteroatoms. The Morgan fingerprint density at radius 2 is 2.07 bits per heavy atom. The minimum atomic E-state index is -0.675. The van der Waals surface area contributed by atoms with Crippen LogP contribution in [-0.2, 0) is 21.5 Å². The first kappa shape index (κ1) is 20.3. The molecule has 0 aliphatic heterocycles. The first-order valence-corrected chi connectivity index (χ1v) is 9.28. The van der Waals surface area contributed by atoms with Gasteiger partial charge in [-0.2, -0.15) is 0 Å². The second-order valence-electron chi connectivity index (χ2n) is 7.18. The number of fused-ring (bicyclic) bond motifs is 1. The van der Waals surface area contributed by atoms with Gasteiger partial charge in [0.1, 0.15) is 14.0 Å². The number of ether oxygens (including phenoxy) is 1. The monoisotopic (exact) mass is 393 g/mol. The van der Waals surface area contributed by atoms with E-state index in [1.807, 2.05) is 44.2 Å². The number of methoxy groups -OCH3 is 1. The molecule has 2 radical (unpaired) electrons. The van der Waals surface area contributed by atoms with Crippen molar-refractivity contribution in [3.8, 4) is 0 Å². The third-order valence-electron chi connectivity index (χ3n) is 4.56. The predicted molar refractivity (Wildman–Crippen MR) is 112 cm³/mol. The number of nitrogens with one attached hydrogen (secondary N) is 1. The van der Waals surface area contributed by atoms with Gasteiger partial charge < -0.3 is 10.1 Å². The van der Waals surface area contributed by atoms with Crippen molar-refractivity contribution >= 4 is 41.7 Å². The number of pyridine rings is 2. The number of carbonyl (C=O) groups excluding carboxylic acids is 1. The quantitative estimate of drug-likeness (QED) is 0.654. The third-order valence-corrected chi connectivity index (χ3v) is 4.84. The van der Waals surface area contributed by atoms with E-state index in [4.69, 9.17) is 24.2 Å². The Morgan fingerprint density at radius 1 is 1.29 bits per heavy atom. The standard InChI is InChI=1S/C21H21BClN3O2/c1-21(2,18-6-4-5-7-24-18)26-20(27)17(28-3)10-13-8-14-11-15(22)12-25-19(14)16(23)9-13/h4-9,11-12,17H,10H2,1-3H3,(H,26,27). The van der Waals surface area contributed by atoms with Crippen molar-refractivity contribution in [2.24, 2.45) is 0 Å². The molecule has 1 N–H and O–H groups in total. The van der Waals surface area contributed by atoms with Gasteiger partial charge in [0.2, 0.25) is 5.91 Å². The lowest BCUT2D eigenvalue weighted by atomic mass is 9.95. The van der Waals surface area contributed by atoms with Gasteiger partial charge in [-0.1, -0.05) is 29.2 Å². The van der Waals surface area contributed by atoms with Crippen LogP contribution in [0.15, 0.2) is 48.8 Å². The summed E-state index contributed by atoms with van der Waals surface area (Å²) in [7, 11) is 7.34. The minimum absolute atomic E-state index is 0.222. The summed E-state index contributed by atoms with van der Waals surface area (Å²) in [5.74, 6) is -0.222. The number of nitrogens with zero attached hydrogens (tertiary/aromatic N) is 2. The van der Waals surface area contributed by atoms with Gasteiger partial charge in [0.05, 0.1) is 21.8 Å². The van der Waals surface area contributed by atoms with E-state index in [-0.39, 0.29) is 5.91 Å². The second-order valence-corrected chi connectivity index (χ2v) is 7.58. The van der Waals surface area contributed by atoms with Gasteiger partial charge in [-0.15, -0.1) is 0 Å². The summed E-state index contributed by atoms with van der Waals surface area (Å²) in [6.45, 7) is 3.81. The molecular weight excluding hydrogens is 373 g/mol. The highest BCUT2D eigenvalue weighted by Crippen LogP contribution is 2.24. The Labute approximate surface area is 170 Å². The highest BCUT2D eigenvalue weighted by Gasteiger charge is 2.28. The van der Waals surface area contributed by atoms with Crippen LogP contribution in [0.25, 0.3) is 10.9 Å². The van der Waals surface area contributed by atoms with Crippen LogP contribution in [0.1, 0.15) is 25.1 Å². The molecule has 3 aromatic rings. The number of hydrogen-bond donors (Lipinski definition) is 1. The van der Waals surface area contributed by atoms with Crippen LogP contribution in [0.5, 0.6) is 0 Å². The van der Waals surface area contributed by atoms with Crippen molar-refractivity contribution in [1.29, 1.82) is 0 Å². The lowest BCUT2D eigenvalue weighted by Crippen LogP contribution is -2.47. The number of benzene rings is 1. The van der Waals surface area contributed by atoms with E-state index in [9.17, 15) is 4.79 Å². The fourth-order valence-electron chi connectivity index (χ4n) is 3.08. The van der Waals surface area contributed by atoms with Crippen LogP contribution < -0.4 is 10.8 Å². The zero-order valence-corrected chi connectivity index (χ0v) is 16.8.